The van der Waals surface area contributed by atoms with Gasteiger partial charge >= 0.3 is 0 Å². The predicted octanol–water partition coefficient (Wildman–Crippen LogP) is 1.71. The highest BCUT2D eigenvalue weighted by molar-refractivity contribution is 5.96. The molecule has 1 N–H and O–H groups in total. The predicted molar refractivity (Wildman–Crippen MR) is 74.9 cm³/mol. The summed E-state index contributed by atoms with van der Waals surface area (Å²) in [7, 11) is 1.61. The number of nitrogens with one attached hydrogen (secondary N) is 1. The molecule has 1 heterocycles. The largest absolute Gasteiger partial charge is 0.383 e. The second-order valence-electron chi connectivity index (χ2n) is 5.07. The minimum absolute atomic E-state index is 0.0966. The number of nitro groups is 1. The molecular weight excluding hydrogens is 262 g/mol. The van der Waals surface area contributed by atoms with Gasteiger partial charge in [0.2, 0.25) is 0 Å². The molecule has 0 radical (unpaired) electrons. The molecule has 0 spiro atoms. The second-order valence-corrected chi connectivity index (χ2v) is 5.07. The average molecular weight is 283 g/mol. The van der Waals surface area contributed by atoms with Gasteiger partial charge in [0.1, 0.15) is 0 Å². The molecule has 1 rings (SSSR count). The van der Waals surface area contributed by atoms with Gasteiger partial charge in [-0.05, 0) is 5.92 Å². The van der Waals surface area contributed by atoms with Gasteiger partial charge in [-0.3, -0.25) is 19.8 Å². The smallest absolute Gasteiger partial charge is 0.287 e. The number of rotatable bonds is 9. The highest BCUT2D eigenvalue weighted by Crippen LogP contribution is 2.13. The molecule has 0 bridgehead atoms. The summed E-state index contributed by atoms with van der Waals surface area (Å²) >= 11 is 0. The van der Waals surface area contributed by atoms with Gasteiger partial charge in [0.15, 0.2) is 5.78 Å². The molecule has 0 amide bonds. The minimum atomic E-state index is -0.524. The fourth-order valence-electron chi connectivity index (χ4n) is 1.91. The van der Waals surface area contributed by atoms with E-state index in [2.05, 4.69) is 18.8 Å². The van der Waals surface area contributed by atoms with Crippen LogP contribution < -0.4 is 0 Å². The van der Waals surface area contributed by atoms with Crippen molar-refractivity contribution in [3.63, 3.8) is 0 Å². The fourth-order valence-corrected chi connectivity index (χ4v) is 1.91. The molecular formula is C13H21N3O4. The monoisotopic (exact) mass is 283 g/mol. The van der Waals surface area contributed by atoms with Crippen LogP contribution in [0.4, 0.5) is 5.69 Å². The zero-order chi connectivity index (χ0) is 15.1. The second kappa shape index (κ2) is 7.76. The van der Waals surface area contributed by atoms with Crippen molar-refractivity contribution < 1.29 is 14.5 Å². The Kier molecular flexibility index (Phi) is 6.33. The number of ether oxygens (including phenoxy) is 1. The van der Waals surface area contributed by atoms with Gasteiger partial charge in [0, 0.05) is 26.3 Å². The summed E-state index contributed by atoms with van der Waals surface area (Å²) in [5, 5.41) is 10.6. The molecule has 0 saturated carbocycles. The molecule has 0 aliphatic heterocycles. The Labute approximate surface area is 118 Å². The van der Waals surface area contributed by atoms with Crippen LogP contribution in [-0.4, -0.2) is 53.9 Å². The number of methoxy groups -OCH3 is 1. The van der Waals surface area contributed by atoms with Gasteiger partial charge in [-0.25, -0.2) is 0 Å². The van der Waals surface area contributed by atoms with Crippen molar-refractivity contribution in [2.45, 2.75) is 13.8 Å². The van der Waals surface area contributed by atoms with Crippen molar-refractivity contribution in [2.24, 2.45) is 5.92 Å². The summed E-state index contributed by atoms with van der Waals surface area (Å²) in [6.07, 6.45) is 1.23. The van der Waals surface area contributed by atoms with Crippen molar-refractivity contribution in [3.05, 3.63) is 28.1 Å². The molecule has 7 heteroatoms. The van der Waals surface area contributed by atoms with Gasteiger partial charge in [-0.15, -0.1) is 0 Å². The number of hydrogen-bond acceptors (Lipinski definition) is 5. The van der Waals surface area contributed by atoms with Crippen molar-refractivity contribution in [3.8, 4) is 0 Å². The zero-order valence-corrected chi connectivity index (χ0v) is 12.1. The molecule has 0 fully saturated rings. The van der Waals surface area contributed by atoms with Crippen LogP contribution in [0.2, 0.25) is 0 Å². The molecule has 1 aromatic heterocycles. The molecule has 20 heavy (non-hydrogen) atoms. The quantitative estimate of drug-likeness (QED) is 0.423. The Hall–Kier alpha value is -1.73. The van der Waals surface area contributed by atoms with E-state index in [1.54, 1.807) is 7.11 Å². The number of hydrogen-bond donors (Lipinski definition) is 1. The van der Waals surface area contributed by atoms with Crippen LogP contribution in [0.5, 0.6) is 0 Å². The van der Waals surface area contributed by atoms with E-state index in [-0.39, 0.29) is 23.7 Å². The Morgan fingerprint density at radius 1 is 1.55 bits per heavy atom. The SMILES string of the molecule is COCCN(CC(=O)c1cc([N+](=O)[O-])c[nH]1)CC(C)C. The van der Waals surface area contributed by atoms with Crippen LogP contribution in [0, 0.1) is 16.0 Å². The van der Waals surface area contributed by atoms with Gasteiger partial charge in [-0.1, -0.05) is 13.8 Å². The number of aromatic amines is 1. The van der Waals surface area contributed by atoms with E-state index < -0.39 is 4.92 Å². The minimum Gasteiger partial charge on any atom is -0.383 e. The third-order valence-corrected chi connectivity index (χ3v) is 2.78. The third-order valence-electron chi connectivity index (χ3n) is 2.78. The molecule has 0 unspecified atom stereocenters. The lowest BCUT2D eigenvalue weighted by Gasteiger charge is -2.22. The van der Waals surface area contributed by atoms with E-state index in [0.717, 1.165) is 6.54 Å². The van der Waals surface area contributed by atoms with Crippen molar-refractivity contribution in [1.29, 1.82) is 0 Å². The lowest BCUT2D eigenvalue weighted by molar-refractivity contribution is -0.384. The number of aromatic nitrogens is 1. The average Bonchev–Trinajstić information content (AvgIpc) is 2.85. The standard InChI is InChI=1S/C13H21N3O4/c1-10(2)8-15(4-5-20-3)9-13(17)12-6-11(7-14-12)16(18)19/h6-7,10,14H,4-5,8-9H2,1-3H3. The number of ketones is 1. The van der Waals surface area contributed by atoms with Crippen molar-refractivity contribution in [2.75, 3.05) is 33.4 Å². The zero-order valence-electron chi connectivity index (χ0n) is 12.1. The number of carbonyl (C=O) groups excluding carboxylic acids is 1. The first-order valence-corrected chi connectivity index (χ1v) is 6.51. The van der Waals surface area contributed by atoms with Crippen LogP contribution in [0.3, 0.4) is 0 Å². The third kappa shape index (κ3) is 5.10. The number of carbonyl (C=O) groups is 1. The summed E-state index contributed by atoms with van der Waals surface area (Å²) in [6, 6.07) is 1.27. The van der Waals surface area contributed by atoms with Crippen LogP contribution in [0.15, 0.2) is 12.3 Å². The van der Waals surface area contributed by atoms with Crippen LogP contribution >= 0.6 is 0 Å². The molecule has 1 aromatic rings. The van der Waals surface area contributed by atoms with Crippen LogP contribution in [0.1, 0.15) is 24.3 Å². The Balaban J connectivity index is 2.65. The van der Waals surface area contributed by atoms with Crippen molar-refractivity contribution in [1.82, 2.24) is 9.88 Å². The summed E-state index contributed by atoms with van der Waals surface area (Å²) in [5.74, 6) is 0.271. The summed E-state index contributed by atoms with van der Waals surface area (Å²) in [5.41, 5.74) is 0.170. The molecule has 112 valence electrons. The van der Waals surface area contributed by atoms with E-state index in [1.807, 2.05) is 4.90 Å². The van der Waals surface area contributed by atoms with E-state index in [0.29, 0.717) is 19.1 Å². The maximum atomic E-state index is 12.1. The molecule has 7 nitrogen and oxygen atoms in total. The van der Waals surface area contributed by atoms with Gasteiger partial charge in [0.25, 0.3) is 5.69 Å². The maximum absolute atomic E-state index is 12.1. The summed E-state index contributed by atoms with van der Waals surface area (Å²) < 4.78 is 5.03. The van der Waals surface area contributed by atoms with Gasteiger partial charge in [0.05, 0.1) is 30.0 Å². The summed E-state index contributed by atoms with van der Waals surface area (Å²) in [4.78, 5) is 26.8. The molecule has 0 saturated heterocycles. The van der Waals surface area contributed by atoms with Crippen LogP contribution in [-0.2, 0) is 4.74 Å². The highest BCUT2D eigenvalue weighted by Gasteiger charge is 2.17. The summed E-state index contributed by atoms with van der Waals surface area (Å²) in [6.45, 7) is 6.35. The van der Waals surface area contributed by atoms with Gasteiger partial charge < -0.3 is 9.72 Å². The van der Waals surface area contributed by atoms with E-state index in [9.17, 15) is 14.9 Å². The molecule has 0 aliphatic carbocycles. The van der Waals surface area contributed by atoms with E-state index >= 15 is 0 Å². The van der Waals surface area contributed by atoms with Crippen molar-refractivity contribution >= 4 is 11.5 Å². The van der Waals surface area contributed by atoms with Crippen LogP contribution in [0.25, 0.3) is 0 Å². The lowest BCUT2D eigenvalue weighted by Crippen LogP contribution is -2.35. The normalized spacial score (nSPS) is 11.2. The van der Waals surface area contributed by atoms with Gasteiger partial charge in [-0.2, -0.15) is 0 Å². The number of Topliss-reactive ketones (excluding diaryl/α,β-unsaturated/α-hetero) is 1. The Morgan fingerprint density at radius 3 is 2.75 bits per heavy atom. The Bertz CT molecular complexity index is 456. The Morgan fingerprint density at radius 2 is 2.25 bits per heavy atom. The fraction of sp³-hybridized carbons (Fsp3) is 0.615. The number of nitrogens with zero attached hydrogens (tertiary/aromatic N) is 2. The highest BCUT2D eigenvalue weighted by atomic mass is 16.6. The first-order chi connectivity index (χ1) is 9.43. The molecule has 0 atom stereocenters. The van der Waals surface area contributed by atoms with E-state index in [4.69, 9.17) is 4.74 Å². The first-order valence-electron chi connectivity index (χ1n) is 6.51. The number of H-pyrrole nitrogens is 1. The lowest BCUT2D eigenvalue weighted by atomic mass is 10.2. The molecule has 0 aliphatic rings. The molecule has 0 aromatic carbocycles. The topological polar surface area (TPSA) is 88.5 Å². The maximum Gasteiger partial charge on any atom is 0.287 e. The first kappa shape index (κ1) is 16.3. The van der Waals surface area contributed by atoms with E-state index in [1.165, 1.54) is 12.3 Å².